The van der Waals surface area contributed by atoms with Crippen molar-refractivity contribution in [2.75, 3.05) is 53.5 Å². The van der Waals surface area contributed by atoms with Crippen molar-refractivity contribution < 1.29 is 27.9 Å². The molecule has 1 amide bonds. The molecule has 2 heterocycles. The van der Waals surface area contributed by atoms with E-state index in [0.29, 0.717) is 26.2 Å². The molecule has 0 radical (unpaired) electrons. The number of aryl methyl sites for hydroxylation is 1. The van der Waals surface area contributed by atoms with Crippen molar-refractivity contribution in [3.63, 3.8) is 0 Å². The Morgan fingerprint density at radius 1 is 1.00 bits per heavy atom. The molecule has 37 heavy (non-hydrogen) atoms. The van der Waals surface area contributed by atoms with Gasteiger partial charge in [0.05, 0.1) is 29.7 Å². The first-order chi connectivity index (χ1) is 17.6. The highest BCUT2D eigenvalue weighted by atomic mass is 32.2. The molecule has 10 heteroatoms. The van der Waals surface area contributed by atoms with E-state index < -0.39 is 27.8 Å². The predicted molar refractivity (Wildman–Crippen MR) is 139 cm³/mol. The molecule has 4 rings (SSSR count). The number of rotatable bonds is 8. The monoisotopic (exact) mass is 527 g/mol. The Balaban J connectivity index is 1.68. The lowest BCUT2D eigenvalue weighted by atomic mass is 9.94. The van der Waals surface area contributed by atoms with Crippen LogP contribution in [0.4, 0.5) is 0 Å². The lowest BCUT2D eigenvalue weighted by molar-refractivity contribution is -0.140. The molecule has 2 aromatic rings. The van der Waals surface area contributed by atoms with Crippen LogP contribution in [0, 0.1) is 6.92 Å². The van der Waals surface area contributed by atoms with Gasteiger partial charge in [-0.3, -0.25) is 14.5 Å². The summed E-state index contributed by atoms with van der Waals surface area (Å²) in [5, 5.41) is 11.2. The van der Waals surface area contributed by atoms with Crippen molar-refractivity contribution in [2.24, 2.45) is 0 Å². The fourth-order valence-electron chi connectivity index (χ4n) is 4.65. The fraction of sp³-hybridized carbons (Fsp3) is 0.407. The van der Waals surface area contributed by atoms with E-state index in [-0.39, 0.29) is 21.8 Å². The standard InChI is InChI=1S/C27H33N3O6S/c1-19-5-7-20(8-6-19)24-23(25(31)21-9-11-22(12-10-21)37(34,35)28(2)3)26(32)27(33)30(24)14-4-13-29-15-17-36-18-16-29/h5-12,24,31H,4,13-18H2,1-3H3. The minimum atomic E-state index is -3.65. The molecule has 0 aromatic heterocycles. The Hall–Kier alpha value is -3.05. The largest absolute Gasteiger partial charge is 0.507 e. The highest BCUT2D eigenvalue weighted by Crippen LogP contribution is 2.39. The second-order valence-corrected chi connectivity index (χ2v) is 11.7. The topological polar surface area (TPSA) is 107 Å². The van der Waals surface area contributed by atoms with E-state index in [1.807, 2.05) is 31.2 Å². The van der Waals surface area contributed by atoms with Gasteiger partial charge >= 0.3 is 0 Å². The minimum absolute atomic E-state index is 0.00319. The molecule has 2 aliphatic heterocycles. The number of Topliss-reactive ketones (excluding diaryl/α,β-unsaturated/α-hetero) is 1. The maximum atomic E-state index is 13.2. The van der Waals surface area contributed by atoms with E-state index in [0.717, 1.165) is 35.1 Å². The van der Waals surface area contributed by atoms with E-state index in [1.54, 1.807) is 0 Å². The van der Waals surface area contributed by atoms with Crippen LogP contribution in [-0.4, -0.2) is 92.8 Å². The van der Waals surface area contributed by atoms with E-state index in [9.17, 15) is 23.1 Å². The van der Waals surface area contributed by atoms with Crippen LogP contribution >= 0.6 is 0 Å². The second kappa shape index (κ2) is 11.1. The molecule has 1 atom stereocenters. The molecule has 2 fully saturated rings. The summed E-state index contributed by atoms with van der Waals surface area (Å²) in [5.41, 5.74) is 2.03. The lowest BCUT2D eigenvalue weighted by Crippen LogP contribution is -2.38. The van der Waals surface area contributed by atoms with Crippen LogP contribution < -0.4 is 0 Å². The number of carbonyl (C=O) groups excluding carboxylic acids is 2. The number of amides is 1. The van der Waals surface area contributed by atoms with Crippen LogP contribution in [-0.2, 0) is 24.3 Å². The minimum Gasteiger partial charge on any atom is -0.507 e. The number of carbonyl (C=O) groups is 2. The summed E-state index contributed by atoms with van der Waals surface area (Å²) >= 11 is 0. The third kappa shape index (κ3) is 5.62. The van der Waals surface area contributed by atoms with Crippen LogP contribution in [0.1, 0.15) is 29.2 Å². The van der Waals surface area contributed by atoms with E-state index in [2.05, 4.69) is 4.90 Å². The predicted octanol–water partition coefficient (Wildman–Crippen LogP) is 2.39. The van der Waals surface area contributed by atoms with Crippen molar-refractivity contribution in [1.82, 2.24) is 14.1 Å². The maximum Gasteiger partial charge on any atom is 0.295 e. The summed E-state index contributed by atoms with van der Waals surface area (Å²) in [5.74, 6) is -1.73. The molecular formula is C27H33N3O6S. The summed E-state index contributed by atoms with van der Waals surface area (Å²) < 4.78 is 31.3. The smallest absolute Gasteiger partial charge is 0.295 e. The molecule has 198 valence electrons. The lowest BCUT2D eigenvalue weighted by Gasteiger charge is -2.29. The third-order valence-corrected chi connectivity index (χ3v) is 8.65. The average molecular weight is 528 g/mol. The van der Waals surface area contributed by atoms with Gasteiger partial charge in [-0.2, -0.15) is 0 Å². The Labute approximate surface area is 218 Å². The van der Waals surface area contributed by atoms with Crippen molar-refractivity contribution in [1.29, 1.82) is 0 Å². The highest BCUT2D eigenvalue weighted by molar-refractivity contribution is 7.89. The first-order valence-electron chi connectivity index (χ1n) is 12.3. The number of ether oxygens (including phenoxy) is 1. The second-order valence-electron chi connectivity index (χ2n) is 9.52. The van der Waals surface area contributed by atoms with Gasteiger partial charge in [-0.15, -0.1) is 0 Å². The number of aliphatic hydroxyl groups is 1. The normalized spacial score (nSPS) is 20.6. The van der Waals surface area contributed by atoms with Gasteiger partial charge in [0.2, 0.25) is 10.0 Å². The number of hydrogen-bond donors (Lipinski definition) is 1. The summed E-state index contributed by atoms with van der Waals surface area (Å²) in [6, 6.07) is 12.5. The van der Waals surface area contributed by atoms with Crippen molar-refractivity contribution >= 4 is 27.5 Å². The first kappa shape index (κ1) is 27.0. The molecule has 0 bridgehead atoms. The molecule has 0 spiro atoms. The van der Waals surface area contributed by atoms with E-state index >= 15 is 0 Å². The van der Waals surface area contributed by atoms with E-state index in [1.165, 1.54) is 43.3 Å². The van der Waals surface area contributed by atoms with Crippen molar-refractivity contribution in [2.45, 2.75) is 24.3 Å². The summed E-state index contributed by atoms with van der Waals surface area (Å²) in [4.78, 5) is 30.2. The summed E-state index contributed by atoms with van der Waals surface area (Å²) in [7, 11) is -0.778. The zero-order valence-electron chi connectivity index (χ0n) is 21.4. The Morgan fingerprint density at radius 2 is 1.62 bits per heavy atom. The zero-order chi connectivity index (χ0) is 26.7. The van der Waals surface area contributed by atoms with Crippen LogP contribution in [0.5, 0.6) is 0 Å². The van der Waals surface area contributed by atoms with Crippen molar-refractivity contribution in [3.05, 3.63) is 70.8 Å². The number of ketones is 1. The van der Waals surface area contributed by atoms with Gasteiger partial charge in [-0.1, -0.05) is 29.8 Å². The molecular weight excluding hydrogens is 494 g/mol. The molecule has 1 N–H and O–H groups in total. The van der Waals surface area contributed by atoms with Gasteiger partial charge in [-0.05, 0) is 43.2 Å². The first-order valence-corrected chi connectivity index (χ1v) is 13.7. The van der Waals surface area contributed by atoms with Crippen LogP contribution in [0.25, 0.3) is 5.76 Å². The van der Waals surface area contributed by atoms with Crippen molar-refractivity contribution in [3.8, 4) is 0 Å². The fourth-order valence-corrected chi connectivity index (χ4v) is 5.55. The van der Waals surface area contributed by atoms with Gasteiger partial charge in [0.15, 0.2) is 0 Å². The third-order valence-electron chi connectivity index (χ3n) is 6.82. The quantitative estimate of drug-likeness (QED) is 0.319. The SMILES string of the molecule is Cc1ccc(C2C(=C(O)c3ccc(S(=O)(=O)N(C)C)cc3)C(=O)C(=O)N2CCCN2CCOCC2)cc1. The number of likely N-dealkylation sites (tertiary alicyclic amines) is 1. The number of morpholine rings is 1. The molecule has 2 aromatic carbocycles. The molecule has 0 aliphatic carbocycles. The van der Waals surface area contributed by atoms with Gasteiger partial charge in [0, 0.05) is 45.8 Å². The Kier molecular flexibility index (Phi) is 8.13. The average Bonchev–Trinajstić information content (AvgIpc) is 3.14. The van der Waals surface area contributed by atoms with Gasteiger partial charge in [0.25, 0.3) is 11.7 Å². The number of benzene rings is 2. The van der Waals surface area contributed by atoms with Crippen LogP contribution in [0.2, 0.25) is 0 Å². The molecule has 0 saturated carbocycles. The van der Waals surface area contributed by atoms with Gasteiger partial charge in [0.1, 0.15) is 5.76 Å². The highest BCUT2D eigenvalue weighted by Gasteiger charge is 2.45. The molecule has 9 nitrogen and oxygen atoms in total. The Bertz CT molecular complexity index is 1280. The number of sulfonamides is 1. The van der Waals surface area contributed by atoms with Crippen LogP contribution in [0.15, 0.2) is 59.0 Å². The zero-order valence-corrected chi connectivity index (χ0v) is 22.2. The molecule has 2 saturated heterocycles. The maximum absolute atomic E-state index is 13.2. The number of nitrogens with zero attached hydrogens (tertiary/aromatic N) is 3. The summed E-state index contributed by atoms with van der Waals surface area (Å²) in [6.45, 7) is 6.11. The molecule has 2 aliphatic rings. The number of aliphatic hydroxyl groups excluding tert-OH is 1. The molecule has 1 unspecified atom stereocenters. The van der Waals surface area contributed by atoms with E-state index in [4.69, 9.17) is 4.74 Å². The number of hydrogen-bond acceptors (Lipinski definition) is 7. The summed E-state index contributed by atoms with van der Waals surface area (Å²) in [6.07, 6.45) is 0.673. The van der Waals surface area contributed by atoms with Gasteiger partial charge in [-0.25, -0.2) is 12.7 Å². The van der Waals surface area contributed by atoms with Gasteiger partial charge < -0.3 is 14.7 Å². The van der Waals surface area contributed by atoms with Crippen LogP contribution in [0.3, 0.4) is 0 Å². The Morgan fingerprint density at radius 3 is 2.22 bits per heavy atom.